The number of hydrogen-bond donors (Lipinski definition) is 2. The Hall–Kier alpha value is -4.16. The molecule has 33 heavy (non-hydrogen) atoms. The van der Waals surface area contributed by atoms with Crippen LogP contribution >= 0.6 is 11.6 Å². The number of aromatic amines is 2. The van der Waals surface area contributed by atoms with Crippen molar-refractivity contribution >= 4 is 45.4 Å². The fraction of sp³-hybridized carbons (Fsp3) is 0.0385. The Labute approximate surface area is 193 Å². The highest BCUT2D eigenvalue weighted by Crippen LogP contribution is 2.31. The van der Waals surface area contributed by atoms with Gasteiger partial charge in [-0.05, 0) is 48.0 Å². The molecule has 2 N–H and O–H groups in total. The van der Waals surface area contributed by atoms with Crippen LogP contribution in [0, 0.1) is 0 Å². The summed E-state index contributed by atoms with van der Waals surface area (Å²) in [6.45, 7) is 0. The first kappa shape index (κ1) is 20.7. The summed E-state index contributed by atoms with van der Waals surface area (Å²) in [5, 5.41) is 1.21. The second kappa shape index (κ2) is 8.41. The van der Waals surface area contributed by atoms with Crippen LogP contribution in [0.1, 0.15) is 16.2 Å². The number of nitrogens with one attached hydrogen (secondary N) is 2. The predicted molar refractivity (Wildman–Crippen MR) is 131 cm³/mol. The molecular formula is C26H18ClN3O3. The average Bonchev–Trinajstić information content (AvgIpc) is 3.24. The van der Waals surface area contributed by atoms with Crippen LogP contribution in [0.4, 0.5) is 0 Å². The van der Waals surface area contributed by atoms with E-state index in [1.54, 1.807) is 31.4 Å². The minimum atomic E-state index is -0.465. The lowest BCUT2D eigenvalue weighted by atomic mass is 9.94. The molecule has 0 saturated carbocycles. The molecule has 0 aliphatic heterocycles. The molecule has 2 heterocycles. The topological polar surface area (TPSA) is 87.8 Å². The number of ketones is 1. The number of pyridine rings is 1. The Bertz CT molecular complexity index is 1600. The number of H-pyrrole nitrogens is 2. The number of nitrogens with zero attached hydrogens (tertiary/aromatic N) is 1. The second-order valence-corrected chi connectivity index (χ2v) is 7.90. The van der Waals surface area contributed by atoms with E-state index < -0.39 is 11.3 Å². The minimum absolute atomic E-state index is 0.0463. The van der Waals surface area contributed by atoms with Crippen LogP contribution in [0.5, 0.6) is 5.75 Å². The van der Waals surface area contributed by atoms with E-state index in [9.17, 15) is 9.59 Å². The van der Waals surface area contributed by atoms with Crippen molar-refractivity contribution in [1.29, 1.82) is 0 Å². The van der Waals surface area contributed by atoms with Crippen LogP contribution in [-0.4, -0.2) is 27.8 Å². The van der Waals surface area contributed by atoms with Crippen molar-refractivity contribution < 1.29 is 9.53 Å². The van der Waals surface area contributed by atoms with Crippen molar-refractivity contribution in [2.24, 2.45) is 0 Å². The van der Waals surface area contributed by atoms with Gasteiger partial charge in [0.1, 0.15) is 11.6 Å². The van der Waals surface area contributed by atoms with E-state index in [0.29, 0.717) is 33.1 Å². The number of rotatable bonds is 5. The minimum Gasteiger partial charge on any atom is -0.497 e. The second-order valence-electron chi connectivity index (χ2n) is 7.46. The van der Waals surface area contributed by atoms with Gasteiger partial charge in [0.25, 0.3) is 5.56 Å². The summed E-state index contributed by atoms with van der Waals surface area (Å²) < 4.78 is 5.23. The van der Waals surface area contributed by atoms with Crippen LogP contribution in [-0.2, 0) is 0 Å². The van der Waals surface area contributed by atoms with E-state index in [0.717, 1.165) is 16.6 Å². The fourth-order valence-electron chi connectivity index (χ4n) is 3.86. The molecule has 3 aromatic carbocycles. The lowest BCUT2D eigenvalue weighted by molar-refractivity contribution is 0.104. The maximum Gasteiger partial charge on any atom is 0.260 e. The molecule has 0 radical (unpaired) electrons. The van der Waals surface area contributed by atoms with E-state index >= 15 is 0 Å². The van der Waals surface area contributed by atoms with Gasteiger partial charge in [0.15, 0.2) is 5.78 Å². The Morgan fingerprint density at radius 3 is 2.61 bits per heavy atom. The van der Waals surface area contributed by atoms with Crippen LogP contribution in [0.3, 0.4) is 0 Å². The van der Waals surface area contributed by atoms with Crippen molar-refractivity contribution in [2.75, 3.05) is 7.11 Å². The molecule has 0 saturated heterocycles. The molecule has 5 aromatic rings. The Balaban J connectivity index is 1.62. The number of carbonyl (C=O) groups is 1. The fourth-order valence-corrected chi connectivity index (χ4v) is 4.03. The van der Waals surface area contributed by atoms with Crippen molar-refractivity contribution in [1.82, 2.24) is 15.0 Å². The lowest BCUT2D eigenvalue weighted by Gasteiger charge is -2.11. The number of aromatic nitrogens is 3. The third-order valence-electron chi connectivity index (χ3n) is 5.39. The number of fused-ring (bicyclic) bond motifs is 2. The summed E-state index contributed by atoms with van der Waals surface area (Å²) in [6.07, 6.45) is 2.91. The van der Waals surface area contributed by atoms with Crippen LogP contribution in [0.15, 0.2) is 77.6 Å². The number of benzene rings is 3. The molecule has 0 aliphatic carbocycles. The van der Waals surface area contributed by atoms with Gasteiger partial charge in [0.05, 0.1) is 23.7 Å². The summed E-state index contributed by atoms with van der Waals surface area (Å²) in [7, 11) is 1.59. The van der Waals surface area contributed by atoms with Gasteiger partial charge in [-0.2, -0.15) is 0 Å². The number of allylic oxidation sites excluding steroid dienone is 1. The summed E-state index contributed by atoms with van der Waals surface area (Å²) in [5.41, 5.74) is 3.01. The predicted octanol–water partition coefficient (Wildman–Crippen LogP) is 5.63. The van der Waals surface area contributed by atoms with Gasteiger partial charge in [-0.25, -0.2) is 4.98 Å². The zero-order valence-corrected chi connectivity index (χ0v) is 18.3. The largest absolute Gasteiger partial charge is 0.497 e. The molecule has 0 amide bonds. The molecule has 0 spiro atoms. The van der Waals surface area contributed by atoms with Crippen molar-refractivity contribution in [2.45, 2.75) is 0 Å². The Morgan fingerprint density at radius 2 is 1.82 bits per heavy atom. The number of halogens is 1. The molecule has 5 rings (SSSR count). The van der Waals surface area contributed by atoms with E-state index in [4.69, 9.17) is 16.3 Å². The van der Waals surface area contributed by atoms with E-state index in [2.05, 4.69) is 15.0 Å². The summed E-state index contributed by atoms with van der Waals surface area (Å²) in [5.74, 6) is 0.759. The molecule has 0 aliphatic rings. The molecule has 0 bridgehead atoms. The molecule has 7 heteroatoms. The van der Waals surface area contributed by atoms with Crippen LogP contribution in [0.2, 0.25) is 5.02 Å². The highest BCUT2D eigenvalue weighted by Gasteiger charge is 2.19. The zero-order chi connectivity index (χ0) is 22.9. The molecule has 0 fully saturated rings. The van der Waals surface area contributed by atoms with Gasteiger partial charge < -0.3 is 14.7 Å². The maximum absolute atomic E-state index is 13.3. The highest BCUT2D eigenvalue weighted by molar-refractivity contribution is 6.31. The van der Waals surface area contributed by atoms with Crippen molar-refractivity contribution in [3.8, 4) is 16.9 Å². The third-order valence-corrected chi connectivity index (χ3v) is 5.62. The van der Waals surface area contributed by atoms with Gasteiger partial charge in [-0.15, -0.1) is 0 Å². The van der Waals surface area contributed by atoms with Gasteiger partial charge in [0, 0.05) is 27.6 Å². The Morgan fingerprint density at radius 1 is 1.00 bits per heavy atom. The molecule has 162 valence electrons. The first-order valence-corrected chi connectivity index (χ1v) is 10.6. The number of imidazole rings is 1. The van der Waals surface area contributed by atoms with Crippen molar-refractivity contribution in [3.05, 3.63) is 99.6 Å². The molecular weight excluding hydrogens is 438 g/mol. The van der Waals surface area contributed by atoms with Gasteiger partial charge in [-0.3, -0.25) is 9.59 Å². The lowest BCUT2D eigenvalue weighted by Crippen LogP contribution is -2.18. The highest BCUT2D eigenvalue weighted by atomic mass is 35.5. The third kappa shape index (κ3) is 3.92. The van der Waals surface area contributed by atoms with Gasteiger partial charge in [-0.1, -0.05) is 41.9 Å². The summed E-state index contributed by atoms with van der Waals surface area (Å²) >= 11 is 6.24. The molecule has 0 atom stereocenters. The normalized spacial score (nSPS) is 11.5. The molecule has 2 aromatic heterocycles. The summed E-state index contributed by atoms with van der Waals surface area (Å²) in [6, 6.07) is 20.0. The number of carbonyl (C=O) groups excluding carboxylic acids is 1. The van der Waals surface area contributed by atoms with Gasteiger partial charge in [0.2, 0.25) is 0 Å². The smallest absolute Gasteiger partial charge is 0.260 e. The SMILES string of the molecule is COc1ccc2nc(/C=C/C(=O)c3c(-c4ccccc4)c4cc(Cl)ccc4[nH]c3=O)[nH]c2c1. The van der Waals surface area contributed by atoms with E-state index in [1.165, 1.54) is 6.08 Å². The van der Waals surface area contributed by atoms with E-state index in [1.807, 2.05) is 48.5 Å². The van der Waals surface area contributed by atoms with E-state index in [-0.39, 0.29) is 5.56 Å². The van der Waals surface area contributed by atoms with Crippen molar-refractivity contribution in [3.63, 3.8) is 0 Å². The number of methoxy groups -OCH3 is 1. The Kier molecular flexibility index (Phi) is 5.28. The quantitative estimate of drug-likeness (QED) is 0.265. The number of ether oxygens (including phenoxy) is 1. The number of hydrogen-bond acceptors (Lipinski definition) is 4. The summed E-state index contributed by atoms with van der Waals surface area (Å²) in [4.78, 5) is 36.7. The van der Waals surface area contributed by atoms with Crippen LogP contribution < -0.4 is 10.3 Å². The van der Waals surface area contributed by atoms with Gasteiger partial charge >= 0.3 is 0 Å². The monoisotopic (exact) mass is 455 g/mol. The standard InChI is InChI=1S/C26H18ClN3O3/c1-33-17-8-10-20-21(14-17)29-23(28-20)12-11-22(31)25-24(15-5-3-2-4-6-15)18-13-16(27)7-9-19(18)30-26(25)32/h2-14H,1H3,(H,28,29)(H,30,32)/b12-11+. The van der Waals surface area contributed by atoms with Crippen LogP contribution in [0.25, 0.3) is 39.1 Å². The first-order valence-electron chi connectivity index (χ1n) is 10.2. The zero-order valence-electron chi connectivity index (χ0n) is 17.6. The molecule has 0 unspecified atom stereocenters. The first-order chi connectivity index (χ1) is 16.0. The molecule has 6 nitrogen and oxygen atoms in total. The maximum atomic E-state index is 13.3. The average molecular weight is 456 g/mol.